The summed E-state index contributed by atoms with van der Waals surface area (Å²) in [6.45, 7) is 8.31. The minimum Gasteiger partial charge on any atom is -0.453 e. The highest BCUT2D eigenvalue weighted by Gasteiger charge is 2.35. The van der Waals surface area contributed by atoms with Crippen molar-refractivity contribution in [2.45, 2.75) is 64.7 Å². The molecule has 4 N–H and O–H groups in total. The normalized spacial score (nSPS) is 16.6. The number of methoxy groups -OCH3 is 1. The largest absolute Gasteiger partial charge is 0.453 e. The predicted molar refractivity (Wildman–Crippen MR) is 194 cm³/mol. The smallest absolute Gasteiger partial charge is 0.407 e. The number of benzene rings is 3. The Kier molecular flexibility index (Phi) is 9.92. The number of amides is 3. The Morgan fingerprint density at radius 3 is 2.00 bits per heavy atom. The van der Waals surface area contributed by atoms with E-state index in [1.807, 2.05) is 51.9 Å². The molecule has 0 spiro atoms. The summed E-state index contributed by atoms with van der Waals surface area (Å²) in [5.41, 5.74) is 7.74. The number of H-pyrrole nitrogens is 2. The number of hydrogen-bond acceptors (Lipinski definition) is 7. The van der Waals surface area contributed by atoms with Gasteiger partial charge in [0.2, 0.25) is 11.8 Å². The van der Waals surface area contributed by atoms with Crippen molar-refractivity contribution in [3.8, 4) is 22.3 Å². The van der Waals surface area contributed by atoms with Crippen molar-refractivity contribution < 1.29 is 19.1 Å². The number of carbonyl (C=O) groups is 3. The quantitative estimate of drug-likeness (QED) is 0.143. The fourth-order valence-electron chi connectivity index (χ4n) is 7.00. The number of fused-ring (bicyclic) bond motifs is 2. The zero-order chi connectivity index (χ0) is 35.7. The number of ether oxygens (including phenoxy) is 1. The topological polar surface area (TPSA) is 148 Å². The number of nitrogens with zero attached hydrogens (tertiary/aromatic N) is 4. The van der Waals surface area contributed by atoms with Gasteiger partial charge >= 0.3 is 6.09 Å². The number of aromatic amines is 2. The molecule has 12 heteroatoms. The highest BCUT2D eigenvalue weighted by molar-refractivity contribution is 5.87. The van der Waals surface area contributed by atoms with Gasteiger partial charge in [-0.15, -0.1) is 0 Å². The first-order valence-corrected chi connectivity index (χ1v) is 17.2. The molecule has 6 rings (SSSR count). The molecule has 12 nitrogen and oxygen atoms in total. The highest BCUT2D eigenvalue weighted by Crippen LogP contribution is 2.34. The maximum absolute atomic E-state index is 13.1. The molecule has 3 aromatic carbocycles. The molecule has 1 fully saturated rings. The van der Waals surface area contributed by atoms with Gasteiger partial charge in [0.25, 0.3) is 0 Å². The van der Waals surface area contributed by atoms with Gasteiger partial charge in [0.15, 0.2) is 0 Å². The van der Waals surface area contributed by atoms with E-state index < -0.39 is 12.1 Å². The number of rotatable bonds is 10. The van der Waals surface area contributed by atoms with Gasteiger partial charge in [-0.05, 0) is 93.2 Å². The van der Waals surface area contributed by atoms with Crippen LogP contribution in [0, 0.1) is 5.92 Å². The van der Waals surface area contributed by atoms with Crippen LogP contribution in [0.5, 0.6) is 0 Å². The van der Waals surface area contributed by atoms with Gasteiger partial charge in [0.05, 0.1) is 47.3 Å². The number of alkyl carbamates (subject to hydrolysis) is 1. The number of imidazole rings is 2. The summed E-state index contributed by atoms with van der Waals surface area (Å²) >= 11 is 0. The van der Waals surface area contributed by atoms with Crippen LogP contribution in [0.2, 0.25) is 0 Å². The predicted octanol–water partition coefficient (Wildman–Crippen LogP) is 5.94. The Labute approximate surface area is 292 Å². The summed E-state index contributed by atoms with van der Waals surface area (Å²) < 4.78 is 4.66. The monoisotopic (exact) mass is 678 g/mol. The van der Waals surface area contributed by atoms with E-state index in [9.17, 15) is 14.4 Å². The molecule has 1 aliphatic rings. The average Bonchev–Trinajstić information content (AvgIpc) is 3.85. The van der Waals surface area contributed by atoms with E-state index in [0.29, 0.717) is 6.54 Å². The summed E-state index contributed by atoms with van der Waals surface area (Å²) in [5, 5.41) is 5.69. The molecule has 0 radical (unpaired) electrons. The number of nitrogens with one attached hydrogen (secondary N) is 4. The molecule has 0 saturated carbocycles. The first kappa shape index (κ1) is 34.6. The number of hydrogen-bond donors (Lipinski definition) is 4. The summed E-state index contributed by atoms with van der Waals surface area (Å²) in [6, 6.07) is 19.4. The van der Waals surface area contributed by atoms with Crippen molar-refractivity contribution in [3.05, 3.63) is 72.3 Å². The third-order valence-corrected chi connectivity index (χ3v) is 9.52. The standard InChI is InChI=1S/C38H46N8O4/c1-21(2)33(45(5)6)36(47)39-22(3)34-41-28-16-14-26(19-30(28)43-34)24-10-12-25(13-11-24)27-15-17-29-31(20-27)44-35(42-29)32-9-8-18-46(32)37(48)23(4)40-38(49)50-7/h10-17,19-23,32-33H,8-9,18H2,1-7H3,(H,39,47)(H,40,49)(H,41,43)(H,42,44)/t22-,23?,32-,33-/m0/s1. The Bertz CT molecular complexity index is 2010. The van der Waals surface area contributed by atoms with Crippen molar-refractivity contribution in [2.24, 2.45) is 5.92 Å². The molecular weight excluding hydrogens is 632 g/mol. The molecule has 3 heterocycles. The summed E-state index contributed by atoms with van der Waals surface area (Å²) in [5.74, 6) is 1.47. The molecule has 1 unspecified atom stereocenters. The van der Waals surface area contributed by atoms with E-state index in [1.54, 1.807) is 11.8 Å². The lowest BCUT2D eigenvalue weighted by Gasteiger charge is -2.27. The second kappa shape index (κ2) is 14.3. The average molecular weight is 679 g/mol. The Morgan fingerprint density at radius 2 is 1.42 bits per heavy atom. The van der Waals surface area contributed by atoms with Crippen LogP contribution < -0.4 is 10.6 Å². The van der Waals surface area contributed by atoms with Crippen molar-refractivity contribution in [2.75, 3.05) is 27.7 Å². The fourth-order valence-corrected chi connectivity index (χ4v) is 7.00. The van der Waals surface area contributed by atoms with Gasteiger partial charge < -0.3 is 30.2 Å². The van der Waals surface area contributed by atoms with Crippen LogP contribution in [0.1, 0.15) is 64.3 Å². The molecule has 3 amide bonds. The molecule has 0 aliphatic carbocycles. The maximum Gasteiger partial charge on any atom is 0.407 e. The molecular formula is C38H46N8O4. The first-order chi connectivity index (χ1) is 23.9. The van der Waals surface area contributed by atoms with Gasteiger partial charge in [-0.1, -0.05) is 50.2 Å². The lowest BCUT2D eigenvalue weighted by atomic mass is 10.00. The zero-order valence-corrected chi connectivity index (χ0v) is 29.7. The van der Waals surface area contributed by atoms with Crippen LogP contribution in [-0.4, -0.2) is 87.5 Å². The Hall–Kier alpha value is -5.23. The number of carbonyl (C=O) groups excluding carboxylic acids is 3. The van der Waals surface area contributed by atoms with E-state index in [0.717, 1.165) is 68.8 Å². The summed E-state index contributed by atoms with van der Waals surface area (Å²) in [6.07, 6.45) is 1.02. The van der Waals surface area contributed by atoms with Crippen molar-refractivity contribution in [1.29, 1.82) is 0 Å². The van der Waals surface area contributed by atoms with Crippen LogP contribution in [0.4, 0.5) is 4.79 Å². The summed E-state index contributed by atoms with van der Waals surface area (Å²) in [4.78, 5) is 58.0. The van der Waals surface area contributed by atoms with Gasteiger partial charge in [0, 0.05) is 6.54 Å². The lowest BCUT2D eigenvalue weighted by molar-refractivity contribution is -0.134. The lowest BCUT2D eigenvalue weighted by Crippen LogP contribution is -2.47. The third kappa shape index (κ3) is 7.07. The molecule has 262 valence electrons. The van der Waals surface area contributed by atoms with Gasteiger partial charge in [-0.25, -0.2) is 14.8 Å². The van der Waals surface area contributed by atoms with E-state index >= 15 is 0 Å². The van der Waals surface area contributed by atoms with E-state index in [2.05, 4.69) is 73.9 Å². The molecule has 1 saturated heterocycles. The minimum absolute atomic E-state index is 0.0145. The van der Waals surface area contributed by atoms with Crippen molar-refractivity contribution in [3.63, 3.8) is 0 Å². The van der Waals surface area contributed by atoms with Crippen molar-refractivity contribution >= 4 is 40.0 Å². The van der Waals surface area contributed by atoms with Crippen LogP contribution in [0.3, 0.4) is 0 Å². The molecule has 1 aliphatic heterocycles. The molecule has 4 atom stereocenters. The second-order valence-corrected chi connectivity index (χ2v) is 13.7. The second-order valence-electron chi connectivity index (χ2n) is 13.7. The van der Waals surface area contributed by atoms with Crippen LogP contribution in [0.15, 0.2) is 60.7 Å². The molecule has 50 heavy (non-hydrogen) atoms. The number of likely N-dealkylation sites (N-methyl/N-ethyl adjacent to an activating group) is 1. The number of aromatic nitrogens is 4. The van der Waals surface area contributed by atoms with Crippen LogP contribution >= 0.6 is 0 Å². The molecule has 0 bridgehead atoms. The highest BCUT2D eigenvalue weighted by atomic mass is 16.5. The molecule has 5 aromatic rings. The fraction of sp³-hybridized carbons (Fsp3) is 0.395. The Balaban J connectivity index is 1.16. The molecule has 2 aromatic heterocycles. The van der Waals surface area contributed by atoms with E-state index in [-0.39, 0.29) is 35.9 Å². The summed E-state index contributed by atoms with van der Waals surface area (Å²) in [7, 11) is 5.12. The van der Waals surface area contributed by atoms with E-state index in [1.165, 1.54) is 7.11 Å². The zero-order valence-electron chi connectivity index (χ0n) is 29.7. The van der Waals surface area contributed by atoms with Crippen molar-refractivity contribution in [1.82, 2.24) is 40.4 Å². The van der Waals surface area contributed by atoms with Gasteiger partial charge in [-0.2, -0.15) is 0 Å². The SMILES string of the molecule is COC(=O)NC(C)C(=O)N1CCC[C@H]1c1nc2ccc(-c3ccc(-c4ccc5nc([C@H](C)NC(=O)[C@H](C(C)C)N(C)C)[nH]c5c4)cc3)cc2[nH]1. The third-order valence-electron chi connectivity index (χ3n) is 9.52. The Morgan fingerprint density at radius 1 is 0.840 bits per heavy atom. The van der Waals surface area contributed by atoms with Gasteiger partial charge in [-0.3, -0.25) is 14.5 Å². The first-order valence-electron chi connectivity index (χ1n) is 17.2. The number of likely N-dealkylation sites (tertiary alicyclic amines) is 1. The van der Waals surface area contributed by atoms with E-state index in [4.69, 9.17) is 9.97 Å². The van der Waals surface area contributed by atoms with Crippen LogP contribution in [0.25, 0.3) is 44.3 Å². The van der Waals surface area contributed by atoms with Crippen LogP contribution in [-0.2, 0) is 14.3 Å². The van der Waals surface area contributed by atoms with Gasteiger partial charge in [0.1, 0.15) is 17.7 Å². The minimum atomic E-state index is -0.699. The maximum atomic E-state index is 13.1.